The van der Waals surface area contributed by atoms with E-state index in [-0.39, 0.29) is 5.91 Å². The maximum atomic E-state index is 11.6. The Morgan fingerprint density at radius 1 is 1.53 bits per heavy atom. The molecule has 0 saturated carbocycles. The van der Waals surface area contributed by atoms with Crippen molar-refractivity contribution in [2.75, 3.05) is 32.7 Å². The van der Waals surface area contributed by atoms with Crippen molar-refractivity contribution in [3.05, 3.63) is 0 Å². The van der Waals surface area contributed by atoms with Crippen LogP contribution >= 0.6 is 0 Å². The Morgan fingerprint density at radius 2 is 2.13 bits per heavy atom. The summed E-state index contributed by atoms with van der Waals surface area (Å²) in [5.41, 5.74) is -0.550. The van der Waals surface area contributed by atoms with E-state index in [4.69, 9.17) is 6.42 Å². The van der Waals surface area contributed by atoms with Gasteiger partial charge in [-0.1, -0.05) is 5.92 Å². The second-order valence-corrected chi connectivity index (χ2v) is 4.34. The van der Waals surface area contributed by atoms with Crippen LogP contribution < -0.4 is 10.6 Å². The van der Waals surface area contributed by atoms with E-state index in [1.54, 1.807) is 0 Å². The van der Waals surface area contributed by atoms with Gasteiger partial charge in [-0.15, -0.1) is 6.42 Å². The van der Waals surface area contributed by atoms with Gasteiger partial charge in [0.15, 0.2) is 0 Å². The molecule has 0 unspecified atom stereocenters. The van der Waals surface area contributed by atoms with Crippen LogP contribution in [-0.2, 0) is 4.79 Å². The molecule has 0 aromatic heterocycles. The molecule has 0 radical (unpaired) electrons. The highest BCUT2D eigenvalue weighted by atomic mass is 16.2. The molecule has 0 atom stereocenters. The molecule has 1 heterocycles. The van der Waals surface area contributed by atoms with Crippen LogP contribution in [0, 0.1) is 12.3 Å². The Hall–Kier alpha value is -1.05. The van der Waals surface area contributed by atoms with Crippen LogP contribution in [0.25, 0.3) is 0 Å². The highest BCUT2D eigenvalue weighted by Crippen LogP contribution is 1.99. The van der Waals surface area contributed by atoms with E-state index in [0.717, 1.165) is 26.2 Å². The van der Waals surface area contributed by atoms with Crippen molar-refractivity contribution in [3.63, 3.8) is 0 Å². The van der Waals surface area contributed by atoms with Crippen LogP contribution in [0.15, 0.2) is 0 Å². The van der Waals surface area contributed by atoms with Crippen molar-refractivity contribution >= 4 is 5.91 Å². The molecular weight excluding hydrogens is 190 g/mol. The van der Waals surface area contributed by atoms with Crippen molar-refractivity contribution in [2.45, 2.75) is 19.4 Å². The van der Waals surface area contributed by atoms with E-state index < -0.39 is 5.54 Å². The molecule has 0 aliphatic carbocycles. The molecule has 4 heteroatoms. The number of terminal acetylenes is 1. The van der Waals surface area contributed by atoms with E-state index in [2.05, 4.69) is 21.5 Å². The van der Waals surface area contributed by atoms with Crippen molar-refractivity contribution in [1.82, 2.24) is 15.5 Å². The first-order valence-electron chi connectivity index (χ1n) is 5.25. The van der Waals surface area contributed by atoms with Crippen molar-refractivity contribution in [2.24, 2.45) is 0 Å². The van der Waals surface area contributed by atoms with Crippen LogP contribution in [0.4, 0.5) is 0 Å². The number of rotatable bonds is 3. The van der Waals surface area contributed by atoms with E-state index in [9.17, 15) is 4.79 Å². The molecule has 2 N–H and O–H groups in total. The van der Waals surface area contributed by atoms with Gasteiger partial charge in [0.2, 0.25) is 5.91 Å². The number of hydrogen-bond acceptors (Lipinski definition) is 3. The minimum absolute atomic E-state index is 0.000139. The highest BCUT2D eigenvalue weighted by molar-refractivity contribution is 5.79. The highest BCUT2D eigenvalue weighted by Gasteiger charge is 2.19. The maximum absolute atomic E-state index is 11.6. The van der Waals surface area contributed by atoms with Gasteiger partial charge in [0, 0.05) is 26.2 Å². The number of nitrogens with one attached hydrogen (secondary N) is 2. The molecule has 0 bridgehead atoms. The Balaban J connectivity index is 2.32. The van der Waals surface area contributed by atoms with E-state index in [0.29, 0.717) is 6.54 Å². The monoisotopic (exact) mass is 209 g/mol. The number of amides is 1. The van der Waals surface area contributed by atoms with Crippen molar-refractivity contribution < 1.29 is 4.79 Å². The second-order valence-electron chi connectivity index (χ2n) is 4.34. The molecule has 0 spiro atoms. The lowest BCUT2D eigenvalue weighted by molar-refractivity contribution is -0.123. The lowest BCUT2D eigenvalue weighted by atomic mass is 10.1. The molecule has 84 valence electrons. The third-order valence-electron chi connectivity index (χ3n) is 2.39. The van der Waals surface area contributed by atoms with Crippen LogP contribution in [0.3, 0.4) is 0 Å². The molecule has 1 amide bonds. The van der Waals surface area contributed by atoms with Gasteiger partial charge in [0.05, 0.1) is 12.1 Å². The quantitative estimate of drug-likeness (QED) is 0.611. The predicted octanol–water partition coefficient (Wildman–Crippen LogP) is -0.580. The standard InChI is InChI=1S/C11H19N3O/c1-4-11(2,3)13-10(15)9-14-7-5-12-6-8-14/h1,12H,5-9H2,2-3H3,(H,13,15). The molecule has 1 rings (SSSR count). The van der Waals surface area contributed by atoms with E-state index >= 15 is 0 Å². The number of nitrogens with zero attached hydrogens (tertiary/aromatic N) is 1. The molecule has 15 heavy (non-hydrogen) atoms. The van der Waals surface area contributed by atoms with Gasteiger partial charge in [0.1, 0.15) is 0 Å². The zero-order valence-corrected chi connectivity index (χ0v) is 9.47. The first-order valence-corrected chi connectivity index (χ1v) is 5.25. The zero-order chi connectivity index (χ0) is 11.3. The summed E-state index contributed by atoms with van der Waals surface area (Å²) in [5, 5.41) is 6.06. The van der Waals surface area contributed by atoms with Gasteiger partial charge in [-0.25, -0.2) is 0 Å². The van der Waals surface area contributed by atoms with Gasteiger partial charge in [-0.3, -0.25) is 9.69 Å². The van der Waals surface area contributed by atoms with Crippen molar-refractivity contribution in [1.29, 1.82) is 0 Å². The number of carbonyl (C=O) groups is 1. The molecule has 0 aromatic carbocycles. The summed E-state index contributed by atoms with van der Waals surface area (Å²) < 4.78 is 0. The Morgan fingerprint density at radius 3 is 2.67 bits per heavy atom. The van der Waals surface area contributed by atoms with Crippen LogP contribution in [0.1, 0.15) is 13.8 Å². The molecule has 4 nitrogen and oxygen atoms in total. The number of hydrogen-bond donors (Lipinski definition) is 2. The Bertz CT molecular complexity index is 261. The van der Waals surface area contributed by atoms with Gasteiger partial charge >= 0.3 is 0 Å². The Labute approximate surface area is 91.4 Å². The van der Waals surface area contributed by atoms with E-state index in [1.807, 2.05) is 13.8 Å². The van der Waals surface area contributed by atoms with Crippen molar-refractivity contribution in [3.8, 4) is 12.3 Å². The molecule has 1 fully saturated rings. The average Bonchev–Trinajstić information content (AvgIpc) is 2.18. The van der Waals surface area contributed by atoms with Crippen LogP contribution in [-0.4, -0.2) is 49.1 Å². The zero-order valence-electron chi connectivity index (χ0n) is 9.47. The van der Waals surface area contributed by atoms with Gasteiger partial charge < -0.3 is 10.6 Å². The summed E-state index contributed by atoms with van der Waals surface area (Å²) in [4.78, 5) is 13.7. The third-order valence-corrected chi connectivity index (χ3v) is 2.39. The summed E-state index contributed by atoms with van der Waals surface area (Å²) in [6.45, 7) is 7.82. The predicted molar refractivity (Wildman–Crippen MR) is 60.4 cm³/mol. The first-order chi connectivity index (χ1) is 7.03. The molecular formula is C11H19N3O. The molecule has 1 saturated heterocycles. The Kier molecular flexibility index (Phi) is 4.13. The fourth-order valence-electron chi connectivity index (χ4n) is 1.50. The first kappa shape index (κ1) is 12.0. The fraction of sp³-hybridized carbons (Fsp3) is 0.727. The van der Waals surface area contributed by atoms with Gasteiger partial charge in [0.25, 0.3) is 0 Å². The van der Waals surface area contributed by atoms with Crippen LogP contribution in [0.5, 0.6) is 0 Å². The maximum Gasteiger partial charge on any atom is 0.235 e. The SMILES string of the molecule is C#CC(C)(C)NC(=O)CN1CCNCC1. The molecule has 0 aromatic rings. The summed E-state index contributed by atoms with van der Waals surface area (Å²) in [5.74, 6) is 2.55. The molecule has 1 aliphatic rings. The molecule has 1 aliphatic heterocycles. The van der Waals surface area contributed by atoms with Gasteiger partial charge in [-0.2, -0.15) is 0 Å². The summed E-state index contributed by atoms with van der Waals surface area (Å²) in [6, 6.07) is 0. The topological polar surface area (TPSA) is 44.4 Å². The van der Waals surface area contributed by atoms with Gasteiger partial charge in [-0.05, 0) is 13.8 Å². The lowest BCUT2D eigenvalue weighted by Crippen LogP contribution is -2.51. The second kappa shape index (κ2) is 5.15. The largest absolute Gasteiger partial charge is 0.339 e. The summed E-state index contributed by atoms with van der Waals surface area (Å²) in [7, 11) is 0. The smallest absolute Gasteiger partial charge is 0.235 e. The third kappa shape index (κ3) is 4.32. The number of carbonyl (C=O) groups excluding carboxylic acids is 1. The minimum Gasteiger partial charge on any atom is -0.339 e. The summed E-state index contributed by atoms with van der Waals surface area (Å²) in [6.07, 6.45) is 5.30. The van der Waals surface area contributed by atoms with E-state index in [1.165, 1.54) is 0 Å². The fourth-order valence-corrected chi connectivity index (χ4v) is 1.50. The average molecular weight is 209 g/mol. The lowest BCUT2D eigenvalue weighted by Gasteiger charge is -2.28. The number of piperazine rings is 1. The van der Waals surface area contributed by atoms with Crippen LogP contribution in [0.2, 0.25) is 0 Å². The normalized spacial score (nSPS) is 18.2. The minimum atomic E-state index is -0.550. The summed E-state index contributed by atoms with van der Waals surface area (Å²) >= 11 is 0.